The molecule has 7 heteroatoms. The van der Waals surface area contributed by atoms with Gasteiger partial charge in [0, 0.05) is 12.6 Å². The van der Waals surface area contributed by atoms with Gasteiger partial charge in [0.2, 0.25) is 0 Å². The van der Waals surface area contributed by atoms with Gasteiger partial charge in [-0.05, 0) is 42.3 Å². The van der Waals surface area contributed by atoms with E-state index in [1.807, 2.05) is 0 Å². The summed E-state index contributed by atoms with van der Waals surface area (Å²) in [4.78, 5) is 24.8. The predicted octanol–water partition coefficient (Wildman–Crippen LogP) is 3.23. The number of hydrogen-bond acceptors (Lipinski definition) is 5. The number of carbonyl (C=O) groups excluding carboxylic acids is 2. The number of hydrogen-bond donors (Lipinski definition) is 3. The zero-order chi connectivity index (χ0) is 17.6. The fraction of sp³-hybridized carbons (Fsp3) is 0.444. The summed E-state index contributed by atoms with van der Waals surface area (Å²) in [5, 5.41) is 8.09. The van der Waals surface area contributed by atoms with Crippen LogP contribution in [0, 0.1) is 5.92 Å². The van der Waals surface area contributed by atoms with Crippen molar-refractivity contribution in [3.63, 3.8) is 0 Å². The van der Waals surface area contributed by atoms with Gasteiger partial charge in [-0.2, -0.15) is 0 Å². The molecular weight excluding hydrogens is 338 g/mol. The number of thiophene rings is 1. The van der Waals surface area contributed by atoms with Crippen LogP contribution in [0.15, 0.2) is 34.3 Å². The second-order valence-electron chi connectivity index (χ2n) is 6.31. The molecule has 25 heavy (non-hydrogen) atoms. The van der Waals surface area contributed by atoms with E-state index in [4.69, 9.17) is 10.2 Å². The number of furan rings is 1. The minimum absolute atomic E-state index is 0.0266. The lowest BCUT2D eigenvalue weighted by Crippen LogP contribution is -2.46. The molecule has 2 aromatic heterocycles. The average molecular weight is 361 g/mol. The monoisotopic (exact) mass is 361 g/mol. The Labute approximate surface area is 150 Å². The van der Waals surface area contributed by atoms with Gasteiger partial charge in [0.15, 0.2) is 5.76 Å². The highest BCUT2D eigenvalue weighted by Crippen LogP contribution is 2.28. The van der Waals surface area contributed by atoms with E-state index >= 15 is 0 Å². The first-order chi connectivity index (χ1) is 12.2. The fourth-order valence-electron chi connectivity index (χ4n) is 3.31. The molecule has 2 amide bonds. The van der Waals surface area contributed by atoms with Crippen LogP contribution in [-0.2, 0) is 0 Å². The lowest BCUT2D eigenvalue weighted by Gasteiger charge is -2.30. The van der Waals surface area contributed by atoms with Crippen LogP contribution in [0.25, 0.3) is 0 Å². The van der Waals surface area contributed by atoms with Crippen LogP contribution < -0.4 is 16.4 Å². The number of amides is 2. The maximum atomic E-state index is 12.7. The van der Waals surface area contributed by atoms with Crippen molar-refractivity contribution >= 4 is 28.2 Å². The van der Waals surface area contributed by atoms with Crippen molar-refractivity contribution in [1.82, 2.24) is 5.32 Å². The zero-order valence-electron chi connectivity index (χ0n) is 14.0. The Morgan fingerprint density at radius 1 is 1.24 bits per heavy atom. The molecule has 1 aliphatic carbocycles. The highest BCUT2D eigenvalue weighted by molar-refractivity contribution is 7.14. The molecule has 1 fully saturated rings. The summed E-state index contributed by atoms with van der Waals surface area (Å²) in [7, 11) is 0. The molecule has 0 radical (unpaired) electrons. The Morgan fingerprint density at radius 3 is 2.72 bits per heavy atom. The van der Waals surface area contributed by atoms with E-state index in [1.54, 1.807) is 23.6 Å². The van der Waals surface area contributed by atoms with Crippen LogP contribution in [0.2, 0.25) is 0 Å². The molecule has 2 heterocycles. The minimum atomic E-state index is -0.371. The Bertz CT molecular complexity index is 705. The maximum Gasteiger partial charge on any atom is 0.291 e. The summed E-state index contributed by atoms with van der Waals surface area (Å²) < 4.78 is 5.08. The molecule has 0 spiro atoms. The van der Waals surface area contributed by atoms with Gasteiger partial charge >= 0.3 is 0 Å². The molecule has 0 aromatic carbocycles. The molecule has 3 rings (SSSR count). The van der Waals surface area contributed by atoms with Gasteiger partial charge in [0.05, 0.1) is 11.8 Å². The van der Waals surface area contributed by atoms with Crippen LogP contribution in [0.1, 0.15) is 53.0 Å². The van der Waals surface area contributed by atoms with Crippen LogP contribution in [0.5, 0.6) is 0 Å². The molecule has 134 valence electrons. The van der Waals surface area contributed by atoms with Crippen LogP contribution in [-0.4, -0.2) is 24.4 Å². The largest absolute Gasteiger partial charge is 0.459 e. The molecule has 1 atom stereocenters. The van der Waals surface area contributed by atoms with Gasteiger partial charge in [0.25, 0.3) is 11.8 Å². The number of rotatable bonds is 6. The van der Waals surface area contributed by atoms with Crippen molar-refractivity contribution in [2.24, 2.45) is 11.7 Å². The highest BCUT2D eigenvalue weighted by Gasteiger charge is 2.26. The van der Waals surface area contributed by atoms with E-state index in [-0.39, 0.29) is 23.6 Å². The minimum Gasteiger partial charge on any atom is -0.459 e. The summed E-state index contributed by atoms with van der Waals surface area (Å²) in [6, 6.07) is 4.91. The summed E-state index contributed by atoms with van der Waals surface area (Å²) in [6.07, 6.45) is 7.30. The van der Waals surface area contributed by atoms with E-state index in [9.17, 15) is 9.59 Å². The first-order valence-electron chi connectivity index (χ1n) is 8.62. The fourth-order valence-corrected chi connectivity index (χ4v) is 4.09. The quantitative estimate of drug-likeness (QED) is 0.736. The van der Waals surface area contributed by atoms with E-state index in [0.29, 0.717) is 23.0 Å². The number of anilines is 1. The van der Waals surface area contributed by atoms with E-state index in [2.05, 4.69) is 10.6 Å². The summed E-state index contributed by atoms with van der Waals surface area (Å²) in [6.45, 7) is 0.425. The molecule has 4 N–H and O–H groups in total. The first-order valence-corrected chi connectivity index (χ1v) is 9.50. The van der Waals surface area contributed by atoms with Gasteiger partial charge < -0.3 is 20.8 Å². The van der Waals surface area contributed by atoms with Crippen molar-refractivity contribution in [3.8, 4) is 0 Å². The molecule has 1 saturated carbocycles. The number of carbonyl (C=O) groups is 2. The molecule has 2 aromatic rings. The second kappa shape index (κ2) is 8.31. The molecular formula is C18H23N3O3S. The van der Waals surface area contributed by atoms with Gasteiger partial charge in [0.1, 0.15) is 5.00 Å². The molecule has 0 aliphatic heterocycles. The van der Waals surface area contributed by atoms with Crippen molar-refractivity contribution < 1.29 is 14.0 Å². The van der Waals surface area contributed by atoms with Crippen LogP contribution in [0.3, 0.4) is 0 Å². The molecule has 0 bridgehead atoms. The number of nitrogens with one attached hydrogen (secondary N) is 2. The molecule has 1 unspecified atom stereocenters. The van der Waals surface area contributed by atoms with Crippen molar-refractivity contribution in [2.75, 3.05) is 11.9 Å². The smallest absolute Gasteiger partial charge is 0.291 e. The Balaban J connectivity index is 1.66. The van der Waals surface area contributed by atoms with E-state index < -0.39 is 0 Å². The predicted molar refractivity (Wildman–Crippen MR) is 97.9 cm³/mol. The van der Waals surface area contributed by atoms with E-state index in [1.165, 1.54) is 36.9 Å². The summed E-state index contributed by atoms with van der Waals surface area (Å²) in [5.41, 5.74) is 6.35. The van der Waals surface area contributed by atoms with Gasteiger partial charge in [-0.15, -0.1) is 11.3 Å². The molecule has 6 nitrogen and oxygen atoms in total. The zero-order valence-corrected chi connectivity index (χ0v) is 14.8. The van der Waals surface area contributed by atoms with E-state index in [0.717, 1.165) is 12.8 Å². The third-order valence-electron chi connectivity index (χ3n) is 4.67. The summed E-state index contributed by atoms with van der Waals surface area (Å²) >= 11 is 1.31. The average Bonchev–Trinajstić information content (AvgIpc) is 3.32. The normalized spacial score (nSPS) is 16.4. The van der Waals surface area contributed by atoms with Crippen LogP contribution >= 0.6 is 11.3 Å². The third kappa shape index (κ3) is 4.29. The maximum absolute atomic E-state index is 12.7. The third-order valence-corrected chi connectivity index (χ3v) is 5.50. The highest BCUT2D eigenvalue weighted by atomic mass is 32.1. The molecule has 1 aliphatic rings. The van der Waals surface area contributed by atoms with Crippen molar-refractivity contribution in [2.45, 2.75) is 38.1 Å². The van der Waals surface area contributed by atoms with Crippen molar-refractivity contribution in [1.29, 1.82) is 0 Å². The topological polar surface area (TPSA) is 97.4 Å². The first kappa shape index (κ1) is 17.7. The van der Waals surface area contributed by atoms with Gasteiger partial charge in [-0.1, -0.05) is 19.3 Å². The lowest BCUT2D eigenvalue weighted by molar-refractivity contribution is 0.0917. The van der Waals surface area contributed by atoms with Crippen molar-refractivity contribution in [3.05, 3.63) is 41.2 Å². The lowest BCUT2D eigenvalue weighted by atomic mass is 9.84. The van der Waals surface area contributed by atoms with Gasteiger partial charge in [-0.25, -0.2) is 0 Å². The number of nitrogens with two attached hydrogens (primary N) is 1. The Kier molecular flexibility index (Phi) is 5.88. The van der Waals surface area contributed by atoms with Gasteiger partial charge in [-0.3, -0.25) is 9.59 Å². The van der Waals surface area contributed by atoms with Crippen LogP contribution in [0.4, 0.5) is 5.00 Å². The Hall–Kier alpha value is -2.12. The second-order valence-corrected chi connectivity index (χ2v) is 7.22. The summed E-state index contributed by atoms with van der Waals surface area (Å²) in [5.74, 6) is 0.0745. The molecule has 0 saturated heterocycles. The Morgan fingerprint density at radius 2 is 2.04 bits per heavy atom. The SMILES string of the molecule is NCC(NC(=O)c1ccsc1NC(=O)c1ccco1)C1CCCCC1. The standard InChI is InChI=1S/C18H23N3O3S/c19-11-14(12-5-2-1-3-6-12)20-16(22)13-8-10-25-18(13)21-17(23)15-7-4-9-24-15/h4,7-10,12,14H,1-3,5-6,11,19H2,(H,20,22)(H,21,23).